The molecule has 0 aliphatic carbocycles. The molecular formula is C27H29F2N7. The Morgan fingerprint density at radius 3 is 2.50 bits per heavy atom. The Morgan fingerprint density at radius 2 is 1.83 bits per heavy atom. The van der Waals surface area contributed by atoms with Crippen LogP contribution < -0.4 is 5.32 Å². The molecule has 0 radical (unpaired) electrons. The van der Waals surface area contributed by atoms with Gasteiger partial charge < -0.3 is 9.88 Å². The van der Waals surface area contributed by atoms with E-state index in [-0.39, 0.29) is 6.04 Å². The fourth-order valence-corrected chi connectivity index (χ4v) is 5.52. The summed E-state index contributed by atoms with van der Waals surface area (Å²) in [6.07, 6.45) is 5.26. The summed E-state index contributed by atoms with van der Waals surface area (Å²) in [6, 6.07) is 5.52. The maximum absolute atomic E-state index is 15.0. The molecule has 2 aliphatic rings. The standard InChI is InChI=1S/C27H29F2N7/c1-15(2)36-16(3)34-27-22(28)4-18(5-25(27)36)21-6-20(30-11-23(21)29)7-26-32-8-17(9-33-26)12-35-13-19-10-31-24(19)14-35/h4-6,8-9,11,15,19,24,31H,7,10,12-14H2,1-3H3. The zero-order valence-corrected chi connectivity index (χ0v) is 20.7. The van der Waals surface area contributed by atoms with Gasteiger partial charge in [0.15, 0.2) is 5.82 Å². The number of hydrogen-bond acceptors (Lipinski definition) is 6. The molecule has 186 valence electrons. The highest BCUT2D eigenvalue weighted by atomic mass is 19.1. The predicted octanol–water partition coefficient (Wildman–Crippen LogP) is 4.05. The van der Waals surface area contributed by atoms with Gasteiger partial charge in [0.05, 0.1) is 18.1 Å². The van der Waals surface area contributed by atoms with E-state index in [4.69, 9.17) is 0 Å². The van der Waals surface area contributed by atoms with Crippen molar-refractivity contribution in [3.8, 4) is 11.1 Å². The van der Waals surface area contributed by atoms with Gasteiger partial charge in [-0.25, -0.2) is 23.7 Å². The zero-order valence-electron chi connectivity index (χ0n) is 20.7. The molecule has 2 aliphatic heterocycles. The van der Waals surface area contributed by atoms with E-state index >= 15 is 0 Å². The van der Waals surface area contributed by atoms with Gasteiger partial charge in [0.25, 0.3) is 0 Å². The smallest absolute Gasteiger partial charge is 0.151 e. The lowest BCUT2D eigenvalue weighted by molar-refractivity contribution is 0.295. The Balaban J connectivity index is 1.24. The number of imidazole rings is 1. The van der Waals surface area contributed by atoms with Gasteiger partial charge in [-0.15, -0.1) is 0 Å². The van der Waals surface area contributed by atoms with Crippen LogP contribution in [0.15, 0.2) is 36.8 Å². The average molecular weight is 490 g/mol. The van der Waals surface area contributed by atoms with Crippen molar-refractivity contribution in [2.45, 2.75) is 45.8 Å². The van der Waals surface area contributed by atoms with Crippen molar-refractivity contribution in [2.24, 2.45) is 5.92 Å². The first-order valence-electron chi connectivity index (χ1n) is 12.4. The topological polar surface area (TPSA) is 71.8 Å². The van der Waals surface area contributed by atoms with Crippen LogP contribution in [0.3, 0.4) is 0 Å². The van der Waals surface area contributed by atoms with Crippen LogP contribution in [0.2, 0.25) is 0 Å². The van der Waals surface area contributed by atoms with Crippen LogP contribution in [0.25, 0.3) is 22.2 Å². The molecule has 6 rings (SSSR count). The van der Waals surface area contributed by atoms with E-state index in [0.29, 0.717) is 46.1 Å². The Morgan fingerprint density at radius 1 is 1.03 bits per heavy atom. The lowest BCUT2D eigenvalue weighted by Crippen LogP contribution is -2.51. The van der Waals surface area contributed by atoms with Crippen LogP contribution in [0, 0.1) is 24.5 Å². The number of fused-ring (bicyclic) bond motifs is 2. The number of rotatable bonds is 6. The van der Waals surface area contributed by atoms with Gasteiger partial charge in [-0.05, 0) is 44.5 Å². The number of likely N-dealkylation sites (tertiary alicyclic amines) is 1. The van der Waals surface area contributed by atoms with Crippen LogP contribution in [-0.2, 0) is 13.0 Å². The highest BCUT2D eigenvalue weighted by molar-refractivity contribution is 5.83. The molecule has 0 saturated carbocycles. The third kappa shape index (κ3) is 4.16. The molecule has 2 fully saturated rings. The summed E-state index contributed by atoms with van der Waals surface area (Å²) in [6.45, 7) is 10.0. The van der Waals surface area contributed by atoms with Crippen molar-refractivity contribution in [3.63, 3.8) is 0 Å². The number of aromatic nitrogens is 5. The number of aryl methyl sites for hydroxylation is 1. The summed E-state index contributed by atoms with van der Waals surface area (Å²) in [4.78, 5) is 20.1. The molecular weight excluding hydrogens is 460 g/mol. The minimum absolute atomic E-state index is 0.0971. The minimum atomic E-state index is -0.504. The molecule has 3 aromatic heterocycles. The Bertz CT molecular complexity index is 1420. The van der Waals surface area contributed by atoms with E-state index in [9.17, 15) is 8.78 Å². The van der Waals surface area contributed by atoms with Gasteiger partial charge in [-0.3, -0.25) is 9.88 Å². The highest BCUT2D eigenvalue weighted by Gasteiger charge is 2.38. The lowest BCUT2D eigenvalue weighted by Gasteiger charge is -2.30. The Hall–Kier alpha value is -3.30. The maximum atomic E-state index is 15.0. The molecule has 1 aromatic carbocycles. The van der Waals surface area contributed by atoms with Crippen molar-refractivity contribution in [2.75, 3.05) is 19.6 Å². The third-order valence-corrected chi connectivity index (χ3v) is 7.33. The quantitative estimate of drug-likeness (QED) is 0.441. The summed E-state index contributed by atoms with van der Waals surface area (Å²) in [5, 5.41) is 3.47. The van der Waals surface area contributed by atoms with Gasteiger partial charge in [-0.1, -0.05) is 0 Å². The Labute approximate surface area is 208 Å². The number of nitrogens with one attached hydrogen (secondary N) is 1. The fraction of sp³-hybridized carbons (Fsp3) is 0.407. The first-order chi connectivity index (χ1) is 17.4. The molecule has 2 saturated heterocycles. The van der Waals surface area contributed by atoms with Gasteiger partial charge in [0.1, 0.15) is 23.0 Å². The molecule has 9 heteroatoms. The van der Waals surface area contributed by atoms with E-state index in [0.717, 1.165) is 43.5 Å². The van der Waals surface area contributed by atoms with E-state index in [1.165, 1.54) is 12.3 Å². The minimum Gasteiger partial charge on any atom is -0.326 e. The van der Waals surface area contributed by atoms with E-state index in [2.05, 4.69) is 30.2 Å². The molecule has 2 unspecified atom stereocenters. The maximum Gasteiger partial charge on any atom is 0.151 e. The van der Waals surface area contributed by atoms with Gasteiger partial charge >= 0.3 is 0 Å². The van der Waals surface area contributed by atoms with Crippen molar-refractivity contribution < 1.29 is 8.78 Å². The number of benzene rings is 1. The number of hydrogen-bond donors (Lipinski definition) is 1. The molecule has 4 aromatic rings. The predicted molar refractivity (Wildman–Crippen MR) is 133 cm³/mol. The van der Waals surface area contributed by atoms with Crippen molar-refractivity contribution in [1.82, 2.24) is 34.7 Å². The van der Waals surface area contributed by atoms with Crippen LogP contribution in [0.5, 0.6) is 0 Å². The van der Waals surface area contributed by atoms with E-state index < -0.39 is 11.6 Å². The highest BCUT2D eigenvalue weighted by Crippen LogP contribution is 2.31. The van der Waals surface area contributed by atoms with E-state index in [1.54, 1.807) is 12.1 Å². The van der Waals surface area contributed by atoms with Crippen molar-refractivity contribution >= 4 is 11.0 Å². The van der Waals surface area contributed by atoms with Crippen LogP contribution in [0.1, 0.15) is 42.8 Å². The summed E-state index contributed by atoms with van der Waals surface area (Å²) in [5.41, 5.74) is 3.39. The van der Waals surface area contributed by atoms with Crippen molar-refractivity contribution in [3.05, 3.63) is 71.3 Å². The van der Waals surface area contributed by atoms with Crippen LogP contribution >= 0.6 is 0 Å². The fourth-order valence-electron chi connectivity index (χ4n) is 5.52. The SMILES string of the molecule is Cc1nc2c(F)cc(-c3cc(Cc4ncc(CN5CC6CNC6C5)cn4)ncc3F)cc2n1C(C)C. The third-order valence-electron chi connectivity index (χ3n) is 7.33. The summed E-state index contributed by atoms with van der Waals surface area (Å²) >= 11 is 0. The summed E-state index contributed by atoms with van der Waals surface area (Å²) in [5.74, 6) is 1.13. The number of pyridine rings is 1. The molecule has 0 spiro atoms. The second kappa shape index (κ2) is 8.97. The van der Waals surface area contributed by atoms with Crippen LogP contribution in [0.4, 0.5) is 8.78 Å². The van der Waals surface area contributed by atoms with Gasteiger partial charge in [0, 0.05) is 73.4 Å². The van der Waals surface area contributed by atoms with Crippen molar-refractivity contribution in [1.29, 1.82) is 0 Å². The van der Waals surface area contributed by atoms with Gasteiger partial charge in [0.2, 0.25) is 0 Å². The molecule has 2 atom stereocenters. The zero-order chi connectivity index (χ0) is 25.0. The monoisotopic (exact) mass is 489 g/mol. The summed E-state index contributed by atoms with van der Waals surface area (Å²) in [7, 11) is 0. The second-order valence-electron chi connectivity index (χ2n) is 10.3. The molecule has 0 bridgehead atoms. The van der Waals surface area contributed by atoms with Gasteiger partial charge in [-0.2, -0.15) is 0 Å². The largest absolute Gasteiger partial charge is 0.326 e. The molecule has 5 heterocycles. The normalized spacial score (nSPS) is 19.7. The molecule has 1 N–H and O–H groups in total. The van der Waals surface area contributed by atoms with E-state index in [1.807, 2.05) is 37.7 Å². The lowest BCUT2D eigenvalue weighted by atomic mass is 9.96. The summed E-state index contributed by atoms with van der Waals surface area (Å²) < 4.78 is 31.8. The number of nitrogens with zero attached hydrogens (tertiary/aromatic N) is 6. The first kappa shape index (κ1) is 23.1. The molecule has 0 amide bonds. The van der Waals surface area contributed by atoms with Crippen LogP contribution in [-0.4, -0.2) is 55.1 Å². The number of halogens is 2. The molecule has 7 nitrogen and oxygen atoms in total. The Kier molecular flexibility index (Phi) is 5.76. The second-order valence-corrected chi connectivity index (χ2v) is 10.3. The first-order valence-corrected chi connectivity index (χ1v) is 12.4. The average Bonchev–Trinajstić information content (AvgIpc) is 3.32. The molecule has 36 heavy (non-hydrogen) atoms.